The molecule has 1 aliphatic heterocycles. The van der Waals surface area contributed by atoms with Gasteiger partial charge in [-0.25, -0.2) is 13.2 Å². The summed E-state index contributed by atoms with van der Waals surface area (Å²) in [7, 11) is -4.11. The van der Waals surface area contributed by atoms with Crippen molar-refractivity contribution in [3.63, 3.8) is 0 Å². The molecule has 3 aromatic rings. The quantitative estimate of drug-likeness (QED) is 0.454. The summed E-state index contributed by atoms with van der Waals surface area (Å²) < 4.78 is 37.7. The van der Waals surface area contributed by atoms with Gasteiger partial charge in [0.2, 0.25) is 16.8 Å². The van der Waals surface area contributed by atoms with Crippen LogP contribution in [0.2, 0.25) is 0 Å². The van der Waals surface area contributed by atoms with Gasteiger partial charge in [-0.15, -0.1) is 0 Å². The number of hydrogen-bond donors (Lipinski definition) is 1. The number of carbonyl (C=O) groups is 2. The molecule has 1 saturated heterocycles. The fourth-order valence-electron chi connectivity index (χ4n) is 4.30. The van der Waals surface area contributed by atoms with Gasteiger partial charge in [-0.2, -0.15) is 4.31 Å². The molecule has 2 heterocycles. The van der Waals surface area contributed by atoms with Crippen molar-refractivity contribution in [1.82, 2.24) is 9.62 Å². The van der Waals surface area contributed by atoms with Crippen molar-refractivity contribution in [2.45, 2.75) is 36.8 Å². The first-order valence-electron chi connectivity index (χ1n) is 11.6. The van der Waals surface area contributed by atoms with Crippen LogP contribution >= 0.6 is 0 Å². The molecular formula is C26H28N2O6S. The topological polar surface area (TPSA) is 106 Å². The van der Waals surface area contributed by atoms with Gasteiger partial charge in [-0.1, -0.05) is 60.7 Å². The molecule has 1 aliphatic rings. The predicted octanol–water partition coefficient (Wildman–Crippen LogP) is 3.56. The second kappa shape index (κ2) is 10.9. The summed E-state index contributed by atoms with van der Waals surface area (Å²) in [6, 6.07) is 21.3. The summed E-state index contributed by atoms with van der Waals surface area (Å²) in [5.41, 5.74) is 2.11. The van der Waals surface area contributed by atoms with Gasteiger partial charge < -0.3 is 14.5 Å². The Morgan fingerprint density at radius 1 is 1.03 bits per heavy atom. The van der Waals surface area contributed by atoms with E-state index in [2.05, 4.69) is 5.32 Å². The predicted molar refractivity (Wildman–Crippen MR) is 129 cm³/mol. The minimum atomic E-state index is -4.11. The third kappa shape index (κ3) is 5.47. The highest BCUT2D eigenvalue weighted by molar-refractivity contribution is 7.89. The van der Waals surface area contributed by atoms with Crippen LogP contribution in [-0.4, -0.2) is 50.3 Å². The minimum absolute atomic E-state index is 0.0787. The summed E-state index contributed by atoms with van der Waals surface area (Å²) in [6.07, 6.45) is 0.946. The molecule has 1 atom stereocenters. The molecule has 2 aromatic carbocycles. The molecule has 8 nitrogen and oxygen atoms in total. The van der Waals surface area contributed by atoms with E-state index in [0.717, 1.165) is 15.4 Å². The number of rotatable bonds is 9. The van der Waals surface area contributed by atoms with E-state index in [4.69, 9.17) is 9.15 Å². The van der Waals surface area contributed by atoms with Gasteiger partial charge in [0.15, 0.2) is 0 Å². The molecule has 0 spiro atoms. The van der Waals surface area contributed by atoms with E-state index in [-0.39, 0.29) is 35.8 Å². The van der Waals surface area contributed by atoms with Crippen LogP contribution in [-0.2, 0) is 19.6 Å². The monoisotopic (exact) mass is 496 g/mol. The van der Waals surface area contributed by atoms with E-state index >= 15 is 0 Å². The molecule has 1 aromatic heterocycles. The number of furan rings is 1. The van der Waals surface area contributed by atoms with Crippen molar-refractivity contribution >= 4 is 21.9 Å². The van der Waals surface area contributed by atoms with Crippen LogP contribution in [0.25, 0.3) is 0 Å². The molecule has 0 aliphatic carbocycles. The molecule has 4 rings (SSSR count). The van der Waals surface area contributed by atoms with Crippen LogP contribution < -0.4 is 5.32 Å². The highest BCUT2D eigenvalue weighted by Crippen LogP contribution is 2.28. The minimum Gasteiger partial charge on any atom is -0.460 e. The Morgan fingerprint density at radius 3 is 2.26 bits per heavy atom. The first kappa shape index (κ1) is 24.7. The van der Waals surface area contributed by atoms with Crippen LogP contribution in [0.1, 0.15) is 47.4 Å². The van der Waals surface area contributed by atoms with E-state index in [0.29, 0.717) is 19.4 Å². The van der Waals surface area contributed by atoms with Gasteiger partial charge in [0.05, 0.1) is 6.61 Å². The molecule has 184 valence electrons. The standard InChI is InChI=1S/C26H28N2O6S/c1-2-33-26(30)23-15-16-24(34-23)35(31,32)28-17-9-14-22(28)25(29)27-18-21(19-10-5-3-6-11-19)20-12-7-4-8-13-20/h3-8,10-13,15-16,21-22H,2,9,14,17-18H2,1H3,(H,27,29). The summed E-state index contributed by atoms with van der Waals surface area (Å²) >= 11 is 0. The average Bonchev–Trinajstić information content (AvgIpc) is 3.57. The van der Waals surface area contributed by atoms with Gasteiger partial charge in [-0.05, 0) is 43.0 Å². The lowest BCUT2D eigenvalue weighted by molar-refractivity contribution is -0.124. The van der Waals surface area contributed by atoms with Crippen molar-refractivity contribution in [1.29, 1.82) is 0 Å². The van der Waals surface area contributed by atoms with Gasteiger partial charge in [0, 0.05) is 19.0 Å². The van der Waals surface area contributed by atoms with Crippen molar-refractivity contribution in [2.75, 3.05) is 19.7 Å². The number of ether oxygens (including phenoxy) is 1. The number of hydrogen-bond acceptors (Lipinski definition) is 6. The van der Waals surface area contributed by atoms with Gasteiger partial charge in [-0.3, -0.25) is 4.79 Å². The van der Waals surface area contributed by atoms with Crippen LogP contribution in [0, 0.1) is 0 Å². The Kier molecular flexibility index (Phi) is 7.67. The second-order valence-corrected chi connectivity index (χ2v) is 10.1. The molecule has 1 amide bonds. The van der Waals surface area contributed by atoms with E-state index in [9.17, 15) is 18.0 Å². The van der Waals surface area contributed by atoms with Crippen LogP contribution in [0.4, 0.5) is 0 Å². The van der Waals surface area contributed by atoms with E-state index in [1.165, 1.54) is 12.1 Å². The van der Waals surface area contributed by atoms with Gasteiger partial charge in [0.1, 0.15) is 6.04 Å². The number of amides is 1. The van der Waals surface area contributed by atoms with Gasteiger partial charge >= 0.3 is 5.97 Å². The van der Waals surface area contributed by atoms with E-state index < -0.39 is 22.0 Å². The maximum atomic E-state index is 13.2. The maximum Gasteiger partial charge on any atom is 0.374 e. The Bertz CT molecular complexity index is 1220. The summed E-state index contributed by atoms with van der Waals surface area (Å²) in [5, 5.41) is 2.58. The van der Waals surface area contributed by atoms with Crippen LogP contribution in [0.3, 0.4) is 0 Å². The second-order valence-electron chi connectivity index (χ2n) is 8.23. The van der Waals surface area contributed by atoms with Gasteiger partial charge in [0.25, 0.3) is 10.0 Å². The normalized spacial score (nSPS) is 16.3. The van der Waals surface area contributed by atoms with Crippen LogP contribution in [0.5, 0.6) is 0 Å². The zero-order valence-electron chi connectivity index (χ0n) is 19.4. The third-order valence-corrected chi connectivity index (χ3v) is 7.79. The number of esters is 1. The van der Waals surface area contributed by atoms with E-state index in [1.54, 1.807) is 6.92 Å². The number of benzene rings is 2. The molecule has 0 radical (unpaired) electrons. The fourth-order valence-corrected chi connectivity index (χ4v) is 5.87. The number of nitrogens with zero attached hydrogens (tertiary/aromatic N) is 1. The highest BCUT2D eigenvalue weighted by Gasteiger charge is 2.41. The number of nitrogens with one attached hydrogen (secondary N) is 1. The number of carbonyl (C=O) groups excluding carboxylic acids is 2. The fraction of sp³-hybridized carbons (Fsp3) is 0.308. The molecule has 0 bridgehead atoms. The first-order valence-corrected chi connectivity index (χ1v) is 13.0. The Morgan fingerprint density at radius 2 is 1.66 bits per heavy atom. The lowest BCUT2D eigenvalue weighted by Gasteiger charge is -2.24. The summed E-state index contributed by atoms with van der Waals surface area (Å²) in [4.78, 5) is 25.1. The maximum absolute atomic E-state index is 13.2. The summed E-state index contributed by atoms with van der Waals surface area (Å²) in [5.74, 6) is -1.37. The zero-order chi connectivity index (χ0) is 24.8. The van der Waals surface area contributed by atoms with Crippen molar-refractivity contribution in [3.05, 3.63) is 89.7 Å². The van der Waals surface area contributed by atoms with Crippen molar-refractivity contribution < 1.29 is 27.2 Å². The average molecular weight is 497 g/mol. The molecular weight excluding hydrogens is 468 g/mol. The molecule has 9 heteroatoms. The zero-order valence-corrected chi connectivity index (χ0v) is 20.2. The molecule has 35 heavy (non-hydrogen) atoms. The molecule has 1 fully saturated rings. The lowest BCUT2D eigenvalue weighted by atomic mass is 9.91. The van der Waals surface area contributed by atoms with E-state index in [1.807, 2.05) is 60.7 Å². The molecule has 0 saturated carbocycles. The van der Waals surface area contributed by atoms with Crippen molar-refractivity contribution in [2.24, 2.45) is 0 Å². The van der Waals surface area contributed by atoms with Crippen molar-refractivity contribution in [3.8, 4) is 0 Å². The number of sulfonamides is 1. The Balaban J connectivity index is 1.49. The SMILES string of the molecule is CCOC(=O)c1ccc(S(=O)(=O)N2CCCC2C(=O)NCC(c2ccccc2)c2ccccc2)o1. The highest BCUT2D eigenvalue weighted by atomic mass is 32.2. The lowest BCUT2D eigenvalue weighted by Crippen LogP contribution is -2.46. The molecule has 1 unspecified atom stereocenters. The Labute approximate surface area is 204 Å². The summed E-state index contributed by atoms with van der Waals surface area (Å²) in [6.45, 7) is 2.30. The third-order valence-electron chi connectivity index (χ3n) is 6.01. The molecule has 1 N–H and O–H groups in total. The smallest absolute Gasteiger partial charge is 0.374 e. The Hall–Kier alpha value is -3.43. The van der Waals surface area contributed by atoms with Crippen LogP contribution in [0.15, 0.2) is 82.3 Å². The first-order chi connectivity index (χ1) is 16.9. The largest absolute Gasteiger partial charge is 0.460 e.